The average molecular weight is 358 g/mol. The van der Waals surface area contributed by atoms with Crippen molar-refractivity contribution in [2.75, 3.05) is 45.9 Å². The van der Waals surface area contributed by atoms with Crippen LogP contribution in [0.4, 0.5) is 5.95 Å². The Hall–Kier alpha value is -2.41. The molecule has 0 atom stereocenters. The second-order valence-corrected chi connectivity index (χ2v) is 6.48. The quantitative estimate of drug-likeness (QED) is 0.754. The first kappa shape index (κ1) is 18.4. The molecule has 1 aliphatic rings. The van der Waals surface area contributed by atoms with Crippen molar-refractivity contribution in [2.45, 2.75) is 19.3 Å². The lowest BCUT2D eigenvalue weighted by molar-refractivity contribution is 0.0645. The number of benzene rings is 1. The summed E-state index contributed by atoms with van der Waals surface area (Å²) in [6.45, 7) is 2.66. The van der Waals surface area contributed by atoms with Gasteiger partial charge in [-0.2, -0.15) is 5.10 Å². The van der Waals surface area contributed by atoms with E-state index in [-0.39, 0.29) is 0 Å². The molecule has 0 bridgehead atoms. The molecule has 1 aromatic carbocycles. The van der Waals surface area contributed by atoms with Crippen LogP contribution in [0, 0.1) is 5.92 Å². The zero-order valence-electron chi connectivity index (χ0n) is 15.6. The zero-order chi connectivity index (χ0) is 18.4. The summed E-state index contributed by atoms with van der Waals surface area (Å²) in [5, 5.41) is 8.32. The lowest BCUT2D eigenvalue weighted by atomic mass is 9.96. The van der Waals surface area contributed by atoms with Gasteiger partial charge in [0.1, 0.15) is 0 Å². The van der Waals surface area contributed by atoms with Gasteiger partial charge in [-0.05, 0) is 43.4 Å². The maximum absolute atomic E-state index is 5.42. The highest BCUT2D eigenvalue weighted by atomic mass is 16.5. The summed E-state index contributed by atoms with van der Waals surface area (Å²) in [4.78, 5) is 6.73. The third kappa shape index (κ3) is 4.40. The van der Waals surface area contributed by atoms with Gasteiger partial charge in [0.15, 0.2) is 11.5 Å². The molecule has 3 rings (SSSR count). The van der Waals surface area contributed by atoms with E-state index in [1.165, 1.54) is 0 Å². The maximum atomic E-state index is 5.42. The van der Waals surface area contributed by atoms with Crippen LogP contribution in [0.15, 0.2) is 24.4 Å². The molecule has 0 N–H and O–H groups in total. The number of hydrogen-bond acceptors (Lipinski definition) is 7. The van der Waals surface area contributed by atoms with E-state index in [2.05, 4.69) is 20.1 Å². The van der Waals surface area contributed by atoms with E-state index in [1.807, 2.05) is 25.2 Å². The SMILES string of the molecule is COc1ccc(-c2cnnc(N(C)CCC3CCOCC3)n2)cc1OC. The fraction of sp³-hybridized carbons (Fsp3) is 0.526. The molecule has 7 heteroatoms. The van der Waals surface area contributed by atoms with Crippen molar-refractivity contribution in [3.05, 3.63) is 24.4 Å². The minimum absolute atomic E-state index is 0.629. The third-order valence-electron chi connectivity index (χ3n) is 4.78. The number of rotatable bonds is 7. The van der Waals surface area contributed by atoms with Gasteiger partial charge in [-0.3, -0.25) is 0 Å². The molecule has 0 amide bonds. The lowest BCUT2D eigenvalue weighted by Gasteiger charge is -2.24. The van der Waals surface area contributed by atoms with Gasteiger partial charge < -0.3 is 19.1 Å². The first-order valence-corrected chi connectivity index (χ1v) is 8.92. The van der Waals surface area contributed by atoms with E-state index in [0.717, 1.165) is 50.3 Å². The summed E-state index contributed by atoms with van der Waals surface area (Å²) in [7, 11) is 5.25. The predicted molar refractivity (Wildman–Crippen MR) is 99.8 cm³/mol. The number of methoxy groups -OCH3 is 2. The number of ether oxygens (including phenoxy) is 3. The van der Waals surface area contributed by atoms with E-state index in [1.54, 1.807) is 20.4 Å². The molecule has 1 fully saturated rings. The van der Waals surface area contributed by atoms with Crippen LogP contribution in [0.3, 0.4) is 0 Å². The van der Waals surface area contributed by atoms with Crippen molar-refractivity contribution in [3.63, 3.8) is 0 Å². The number of aromatic nitrogens is 3. The van der Waals surface area contributed by atoms with Crippen LogP contribution in [-0.2, 0) is 4.74 Å². The Bertz CT molecular complexity index is 720. The summed E-state index contributed by atoms with van der Waals surface area (Å²) in [6, 6.07) is 5.70. The highest BCUT2D eigenvalue weighted by molar-refractivity contribution is 5.64. The first-order valence-electron chi connectivity index (χ1n) is 8.92. The van der Waals surface area contributed by atoms with Crippen LogP contribution in [0.2, 0.25) is 0 Å². The van der Waals surface area contributed by atoms with E-state index in [4.69, 9.17) is 14.2 Å². The van der Waals surface area contributed by atoms with E-state index in [9.17, 15) is 0 Å². The minimum atomic E-state index is 0.629. The molecule has 0 radical (unpaired) electrons. The standard InChI is InChI=1S/C19H26N4O3/c1-23(9-6-14-7-10-26-11-8-14)19-21-16(13-20-22-19)15-4-5-17(24-2)18(12-15)25-3/h4-5,12-14H,6-11H2,1-3H3. The molecular weight excluding hydrogens is 332 g/mol. The van der Waals surface area contributed by atoms with Crippen LogP contribution >= 0.6 is 0 Å². The summed E-state index contributed by atoms with van der Waals surface area (Å²) in [6.07, 6.45) is 5.05. The van der Waals surface area contributed by atoms with Crippen molar-refractivity contribution in [1.29, 1.82) is 0 Å². The van der Waals surface area contributed by atoms with Crippen molar-refractivity contribution in [3.8, 4) is 22.8 Å². The first-order chi connectivity index (χ1) is 12.7. The largest absolute Gasteiger partial charge is 0.493 e. The summed E-state index contributed by atoms with van der Waals surface area (Å²) in [5.74, 6) is 2.70. The molecule has 0 aliphatic carbocycles. The normalized spacial score (nSPS) is 14.9. The van der Waals surface area contributed by atoms with E-state index >= 15 is 0 Å². The molecule has 140 valence electrons. The monoisotopic (exact) mass is 358 g/mol. The van der Waals surface area contributed by atoms with Crippen molar-refractivity contribution in [2.24, 2.45) is 5.92 Å². The highest BCUT2D eigenvalue weighted by Crippen LogP contribution is 2.31. The fourth-order valence-corrected chi connectivity index (χ4v) is 3.10. The lowest BCUT2D eigenvalue weighted by Crippen LogP contribution is -2.25. The van der Waals surface area contributed by atoms with Crippen LogP contribution in [-0.4, -0.2) is 56.2 Å². The van der Waals surface area contributed by atoms with Gasteiger partial charge >= 0.3 is 0 Å². The molecule has 7 nitrogen and oxygen atoms in total. The highest BCUT2D eigenvalue weighted by Gasteiger charge is 2.16. The Morgan fingerprint density at radius 2 is 1.92 bits per heavy atom. The Morgan fingerprint density at radius 1 is 1.15 bits per heavy atom. The van der Waals surface area contributed by atoms with Gasteiger partial charge in [0, 0.05) is 32.4 Å². The van der Waals surface area contributed by atoms with Crippen molar-refractivity contribution < 1.29 is 14.2 Å². The van der Waals surface area contributed by atoms with Gasteiger partial charge in [0.05, 0.1) is 26.1 Å². The molecule has 0 spiro atoms. The van der Waals surface area contributed by atoms with Crippen molar-refractivity contribution in [1.82, 2.24) is 15.2 Å². The number of nitrogens with zero attached hydrogens (tertiary/aromatic N) is 4. The number of hydrogen-bond donors (Lipinski definition) is 0. The number of anilines is 1. The van der Waals surface area contributed by atoms with Crippen LogP contribution < -0.4 is 14.4 Å². The Kier molecular flexibility index (Phi) is 6.22. The molecule has 1 saturated heterocycles. The molecule has 26 heavy (non-hydrogen) atoms. The van der Waals surface area contributed by atoms with Crippen LogP contribution in [0.25, 0.3) is 11.3 Å². The van der Waals surface area contributed by atoms with E-state index < -0.39 is 0 Å². The second-order valence-electron chi connectivity index (χ2n) is 6.48. The predicted octanol–water partition coefficient (Wildman–Crippen LogP) is 2.81. The molecule has 0 saturated carbocycles. The van der Waals surface area contributed by atoms with Crippen LogP contribution in [0.1, 0.15) is 19.3 Å². The van der Waals surface area contributed by atoms with Gasteiger partial charge in [0.2, 0.25) is 5.95 Å². The van der Waals surface area contributed by atoms with Crippen molar-refractivity contribution >= 4 is 5.95 Å². The fourth-order valence-electron chi connectivity index (χ4n) is 3.10. The summed E-state index contributed by atoms with van der Waals surface area (Å²) < 4.78 is 16.1. The molecular formula is C19H26N4O3. The zero-order valence-corrected chi connectivity index (χ0v) is 15.6. The smallest absolute Gasteiger partial charge is 0.245 e. The van der Waals surface area contributed by atoms with E-state index in [0.29, 0.717) is 23.4 Å². The third-order valence-corrected chi connectivity index (χ3v) is 4.78. The van der Waals surface area contributed by atoms with Crippen LogP contribution in [0.5, 0.6) is 11.5 Å². The summed E-state index contributed by atoms with van der Waals surface area (Å²) in [5.41, 5.74) is 1.67. The van der Waals surface area contributed by atoms with Gasteiger partial charge in [-0.25, -0.2) is 4.98 Å². The van der Waals surface area contributed by atoms with Gasteiger partial charge in [0.25, 0.3) is 0 Å². The molecule has 2 heterocycles. The van der Waals surface area contributed by atoms with Gasteiger partial charge in [-0.15, -0.1) is 5.10 Å². The minimum Gasteiger partial charge on any atom is -0.493 e. The molecule has 0 unspecified atom stereocenters. The maximum Gasteiger partial charge on any atom is 0.245 e. The molecule has 1 aromatic heterocycles. The molecule has 1 aliphatic heterocycles. The molecule has 2 aromatic rings. The topological polar surface area (TPSA) is 69.6 Å². The average Bonchev–Trinajstić information content (AvgIpc) is 2.72. The van der Waals surface area contributed by atoms with Gasteiger partial charge in [-0.1, -0.05) is 0 Å². The second kappa shape index (κ2) is 8.80. The Morgan fingerprint density at radius 3 is 2.65 bits per heavy atom. The Labute approximate surface area is 154 Å². The Balaban J connectivity index is 1.71. The summed E-state index contributed by atoms with van der Waals surface area (Å²) >= 11 is 0.